The highest BCUT2D eigenvalue weighted by atomic mass is 16.7. The van der Waals surface area contributed by atoms with Crippen molar-refractivity contribution in [2.24, 2.45) is 0 Å². The number of pyridine rings is 1. The Hall–Kier alpha value is -2.82. The van der Waals surface area contributed by atoms with Crippen LogP contribution in [-0.2, 0) is 0 Å². The monoisotopic (exact) mass is 279 g/mol. The van der Waals surface area contributed by atoms with E-state index >= 15 is 0 Å². The molecule has 0 saturated heterocycles. The molecular weight excluding hydrogens is 266 g/mol. The van der Waals surface area contributed by atoms with Crippen molar-refractivity contribution in [2.45, 2.75) is 6.92 Å². The molecule has 0 unspecified atom stereocenters. The predicted octanol–water partition coefficient (Wildman–Crippen LogP) is 3.18. The number of ether oxygens (including phenoxy) is 2. The minimum absolute atomic E-state index is 0.269. The third kappa shape index (κ3) is 2.03. The fourth-order valence-electron chi connectivity index (χ4n) is 2.43. The molecule has 0 atom stereocenters. The van der Waals surface area contributed by atoms with E-state index in [1.54, 1.807) is 6.33 Å². The second-order valence-corrected chi connectivity index (χ2v) is 4.86. The maximum absolute atomic E-state index is 5.43. The topological polar surface area (TPSA) is 60.0 Å². The standard InChI is InChI=1S/C16H13N3O2/c1-10-3-2-4-12(19-10)16-15(17-8-18-16)11-5-6-13-14(7-11)21-9-20-13/h2-8H,9H2,1H3,(H,17,18). The molecule has 0 aliphatic carbocycles. The molecule has 5 heteroatoms. The SMILES string of the molecule is Cc1cccc(-c2[nH]cnc2-c2ccc3c(c2)OCO3)n1. The molecule has 104 valence electrons. The van der Waals surface area contributed by atoms with E-state index < -0.39 is 0 Å². The summed E-state index contributed by atoms with van der Waals surface area (Å²) in [5.41, 5.74) is 4.57. The van der Waals surface area contributed by atoms with Gasteiger partial charge < -0.3 is 14.5 Å². The van der Waals surface area contributed by atoms with Crippen LogP contribution in [0.5, 0.6) is 11.5 Å². The summed E-state index contributed by atoms with van der Waals surface area (Å²) in [6, 6.07) is 11.7. The van der Waals surface area contributed by atoms with Gasteiger partial charge in [0.25, 0.3) is 0 Å². The molecule has 0 radical (unpaired) electrons. The first-order chi connectivity index (χ1) is 10.3. The molecule has 0 bridgehead atoms. The normalized spacial score (nSPS) is 12.6. The van der Waals surface area contributed by atoms with Crippen LogP contribution >= 0.6 is 0 Å². The highest BCUT2D eigenvalue weighted by Crippen LogP contribution is 2.37. The fraction of sp³-hybridized carbons (Fsp3) is 0.125. The second kappa shape index (κ2) is 4.63. The van der Waals surface area contributed by atoms with Gasteiger partial charge in [0.2, 0.25) is 6.79 Å². The van der Waals surface area contributed by atoms with Gasteiger partial charge in [-0.1, -0.05) is 6.07 Å². The first kappa shape index (κ1) is 12.0. The number of imidazole rings is 1. The number of nitrogens with zero attached hydrogens (tertiary/aromatic N) is 2. The summed E-state index contributed by atoms with van der Waals surface area (Å²) in [4.78, 5) is 12.1. The summed E-state index contributed by atoms with van der Waals surface area (Å²) >= 11 is 0. The smallest absolute Gasteiger partial charge is 0.231 e. The van der Waals surface area contributed by atoms with E-state index in [9.17, 15) is 0 Å². The van der Waals surface area contributed by atoms with Crippen LogP contribution in [0, 0.1) is 6.92 Å². The number of benzene rings is 1. The average molecular weight is 279 g/mol. The molecule has 0 fully saturated rings. The van der Waals surface area contributed by atoms with Crippen LogP contribution in [-0.4, -0.2) is 21.7 Å². The van der Waals surface area contributed by atoms with Crippen LogP contribution in [0.2, 0.25) is 0 Å². The lowest BCUT2D eigenvalue weighted by Gasteiger charge is -2.04. The van der Waals surface area contributed by atoms with Gasteiger partial charge in [0.15, 0.2) is 11.5 Å². The van der Waals surface area contributed by atoms with Crippen LogP contribution in [0.4, 0.5) is 0 Å². The number of rotatable bonds is 2. The summed E-state index contributed by atoms with van der Waals surface area (Å²) in [7, 11) is 0. The Bertz CT molecular complexity index is 811. The zero-order chi connectivity index (χ0) is 14.2. The lowest BCUT2D eigenvalue weighted by Crippen LogP contribution is -1.92. The molecule has 3 aromatic rings. The van der Waals surface area contributed by atoms with E-state index in [2.05, 4.69) is 15.0 Å². The van der Waals surface area contributed by atoms with Crippen LogP contribution in [0.1, 0.15) is 5.69 Å². The molecule has 21 heavy (non-hydrogen) atoms. The molecule has 1 aliphatic rings. The molecule has 0 spiro atoms. The number of hydrogen-bond acceptors (Lipinski definition) is 4. The van der Waals surface area contributed by atoms with Gasteiger partial charge >= 0.3 is 0 Å². The molecule has 0 amide bonds. The molecule has 3 heterocycles. The molecule has 1 aliphatic heterocycles. The van der Waals surface area contributed by atoms with Gasteiger partial charge in [-0.3, -0.25) is 4.98 Å². The van der Waals surface area contributed by atoms with Gasteiger partial charge in [0.1, 0.15) is 0 Å². The summed E-state index contributed by atoms with van der Waals surface area (Å²) in [5, 5.41) is 0. The number of nitrogens with one attached hydrogen (secondary N) is 1. The van der Waals surface area contributed by atoms with Crippen molar-refractivity contribution in [1.29, 1.82) is 0 Å². The molecular formula is C16H13N3O2. The Kier molecular flexibility index (Phi) is 2.64. The highest BCUT2D eigenvalue weighted by molar-refractivity contribution is 5.77. The third-order valence-corrected chi connectivity index (χ3v) is 3.43. The van der Waals surface area contributed by atoms with Crippen molar-refractivity contribution in [2.75, 3.05) is 6.79 Å². The minimum atomic E-state index is 0.269. The van der Waals surface area contributed by atoms with Gasteiger partial charge in [-0.05, 0) is 37.3 Å². The fourth-order valence-corrected chi connectivity index (χ4v) is 2.43. The Morgan fingerprint density at radius 2 is 2.00 bits per heavy atom. The number of H-pyrrole nitrogens is 1. The quantitative estimate of drug-likeness (QED) is 0.782. The number of aryl methyl sites for hydroxylation is 1. The Labute approximate surface area is 121 Å². The van der Waals surface area contributed by atoms with E-state index in [4.69, 9.17) is 9.47 Å². The van der Waals surface area contributed by atoms with Gasteiger partial charge in [-0.2, -0.15) is 0 Å². The number of hydrogen-bond donors (Lipinski definition) is 1. The minimum Gasteiger partial charge on any atom is -0.454 e. The lowest BCUT2D eigenvalue weighted by atomic mass is 10.1. The van der Waals surface area contributed by atoms with Crippen molar-refractivity contribution in [3.05, 3.63) is 48.4 Å². The van der Waals surface area contributed by atoms with Crippen molar-refractivity contribution >= 4 is 0 Å². The van der Waals surface area contributed by atoms with E-state index in [1.807, 2.05) is 43.3 Å². The average Bonchev–Trinajstić information content (AvgIpc) is 3.15. The van der Waals surface area contributed by atoms with Crippen LogP contribution in [0.15, 0.2) is 42.7 Å². The van der Waals surface area contributed by atoms with E-state index in [0.717, 1.165) is 39.8 Å². The highest BCUT2D eigenvalue weighted by Gasteiger charge is 2.17. The van der Waals surface area contributed by atoms with Crippen LogP contribution in [0.3, 0.4) is 0 Å². The van der Waals surface area contributed by atoms with Gasteiger partial charge in [0.05, 0.1) is 23.4 Å². The number of aromatic amines is 1. The molecule has 1 aromatic carbocycles. The first-order valence-corrected chi connectivity index (χ1v) is 6.69. The van der Waals surface area contributed by atoms with Gasteiger partial charge in [-0.25, -0.2) is 4.98 Å². The maximum Gasteiger partial charge on any atom is 0.231 e. The third-order valence-electron chi connectivity index (χ3n) is 3.43. The van der Waals surface area contributed by atoms with Crippen molar-refractivity contribution < 1.29 is 9.47 Å². The van der Waals surface area contributed by atoms with Crippen molar-refractivity contribution in [3.63, 3.8) is 0 Å². The van der Waals surface area contributed by atoms with Gasteiger partial charge in [0, 0.05) is 11.3 Å². The summed E-state index contributed by atoms with van der Waals surface area (Å²) in [5.74, 6) is 1.52. The predicted molar refractivity (Wildman–Crippen MR) is 78.1 cm³/mol. The Morgan fingerprint density at radius 3 is 2.90 bits per heavy atom. The zero-order valence-corrected chi connectivity index (χ0v) is 11.5. The van der Waals surface area contributed by atoms with Gasteiger partial charge in [-0.15, -0.1) is 0 Å². The molecule has 2 aromatic heterocycles. The van der Waals surface area contributed by atoms with Crippen molar-refractivity contribution in [3.8, 4) is 34.1 Å². The van der Waals surface area contributed by atoms with Crippen molar-refractivity contribution in [1.82, 2.24) is 15.0 Å². The lowest BCUT2D eigenvalue weighted by molar-refractivity contribution is 0.174. The summed E-state index contributed by atoms with van der Waals surface area (Å²) in [6.45, 7) is 2.24. The largest absolute Gasteiger partial charge is 0.454 e. The van der Waals surface area contributed by atoms with E-state index in [0.29, 0.717) is 0 Å². The molecule has 1 N–H and O–H groups in total. The summed E-state index contributed by atoms with van der Waals surface area (Å²) < 4.78 is 10.8. The van der Waals surface area contributed by atoms with Crippen LogP contribution in [0.25, 0.3) is 22.6 Å². The molecule has 0 saturated carbocycles. The second-order valence-electron chi connectivity index (χ2n) is 4.86. The Balaban J connectivity index is 1.82. The number of aromatic nitrogens is 3. The first-order valence-electron chi connectivity index (χ1n) is 6.69. The molecule has 5 nitrogen and oxygen atoms in total. The Morgan fingerprint density at radius 1 is 1.10 bits per heavy atom. The maximum atomic E-state index is 5.43. The number of fused-ring (bicyclic) bond motifs is 1. The van der Waals surface area contributed by atoms with E-state index in [1.165, 1.54) is 0 Å². The molecule has 4 rings (SSSR count). The zero-order valence-electron chi connectivity index (χ0n) is 11.5. The summed E-state index contributed by atoms with van der Waals surface area (Å²) in [6.07, 6.45) is 1.68. The van der Waals surface area contributed by atoms with E-state index in [-0.39, 0.29) is 6.79 Å². The van der Waals surface area contributed by atoms with Crippen LogP contribution < -0.4 is 9.47 Å².